The van der Waals surface area contributed by atoms with Crippen LogP contribution in [0.15, 0.2) is 30.3 Å². The molecule has 1 aromatic carbocycles. The number of rotatable bonds is 26. The molecule has 0 bridgehead atoms. The van der Waals surface area contributed by atoms with Crippen molar-refractivity contribution in [2.75, 3.05) is 85.7 Å². The predicted molar refractivity (Wildman–Crippen MR) is 197 cm³/mol. The summed E-state index contributed by atoms with van der Waals surface area (Å²) in [6.45, 7) is 4.35. The maximum Gasteiger partial charge on any atom is 0.242 e. The Kier molecular flexibility index (Phi) is 22.3. The van der Waals surface area contributed by atoms with Crippen molar-refractivity contribution in [3.63, 3.8) is 0 Å². The Bertz CT molecular complexity index is 1440. The highest BCUT2D eigenvalue weighted by Gasteiger charge is 2.27. The van der Waals surface area contributed by atoms with Gasteiger partial charge in [-0.2, -0.15) is 0 Å². The van der Waals surface area contributed by atoms with E-state index in [0.717, 1.165) is 5.56 Å². The number of Topliss-reactive ketones (excluding diaryl/α,β-unsaturated/α-hetero) is 2. The largest absolute Gasteiger partial charge is 0.383 e. The Morgan fingerprint density at radius 1 is 0.648 bits per heavy atom. The van der Waals surface area contributed by atoms with Crippen LogP contribution >= 0.6 is 0 Å². The Balaban J connectivity index is 2.84. The summed E-state index contributed by atoms with van der Waals surface area (Å²) >= 11 is 0. The number of carbonyl (C=O) groups is 9. The molecule has 6 N–H and O–H groups in total. The fraction of sp³-hybridized carbons (Fsp3) is 0.583. The van der Waals surface area contributed by atoms with E-state index in [-0.39, 0.29) is 82.1 Å². The Labute approximate surface area is 316 Å². The van der Waals surface area contributed by atoms with E-state index in [4.69, 9.17) is 10.5 Å². The van der Waals surface area contributed by atoms with E-state index in [1.165, 1.54) is 28.7 Å². The summed E-state index contributed by atoms with van der Waals surface area (Å²) in [6.07, 6.45) is 0.0719. The van der Waals surface area contributed by atoms with Gasteiger partial charge >= 0.3 is 0 Å². The molecule has 0 saturated heterocycles. The zero-order valence-corrected chi connectivity index (χ0v) is 31.9. The van der Waals surface area contributed by atoms with Crippen LogP contribution in [0, 0.1) is 5.92 Å². The van der Waals surface area contributed by atoms with Crippen LogP contribution in [0.1, 0.15) is 52.0 Å². The van der Waals surface area contributed by atoms with Gasteiger partial charge in [0.05, 0.1) is 59.0 Å². The van der Waals surface area contributed by atoms with E-state index in [2.05, 4.69) is 21.3 Å². The molecular weight excluding hydrogens is 704 g/mol. The number of nitrogens with zero attached hydrogens (tertiary/aromatic N) is 3. The first-order chi connectivity index (χ1) is 25.6. The van der Waals surface area contributed by atoms with Crippen molar-refractivity contribution in [1.82, 2.24) is 36.0 Å². The molecule has 0 radical (unpaired) electrons. The fourth-order valence-corrected chi connectivity index (χ4v) is 4.87. The SMILES string of the molecule is COCCN(CC(=O)N(CC(=O)NCC(=O)NCC(=O)NCC(=O)NCC(=O)CCC(C)=O)C[C@H](C)c1ccccc1)C(=O)CN(CC(C)C)C(=O)CN. The van der Waals surface area contributed by atoms with Gasteiger partial charge in [-0.3, -0.25) is 38.4 Å². The van der Waals surface area contributed by atoms with Gasteiger partial charge in [0, 0.05) is 39.6 Å². The summed E-state index contributed by atoms with van der Waals surface area (Å²) in [4.78, 5) is 116. The number of hydrogen-bond donors (Lipinski definition) is 5. The van der Waals surface area contributed by atoms with E-state index in [0.29, 0.717) is 0 Å². The molecule has 0 aliphatic heterocycles. The van der Waals surface area contributed by atoms with Crippen LogP contribution < -0.4 is 27.0 Å². The van der Waals surface area contributed by atoms with Gasteiger partial charge in [-0.25, -0.2) is 0 Å². The molecule has 54 heavy (non-hydrogen) atoms. The van der Waals surface area contributed by atoms with Crippen molar-refractivity contribution < 1.29 is 47.9 Å². The third-order valence-electron chi connectivity index (χ3n) is 7.81. The first-order valence-corrected chi connectivity index (χ1v) is 17.7. The van der Waals surface area contributed by atoms with Gasteiger partial charge in [0.2, 0.25) is 41.4 Å². The standard InChI is InChI=1S/C36H56N8O10/c1-25(2)20-43(34(51)15-37)24-35(52)42(13-14-54-5)23-36(53)44(21-26(3)28-9-7-6-8-10-28)22-33(50)41-19-32(49)40-18-31(48)39-17-30(47)38-16-29(46)12-11-27(4)45/h6-10,25-26H,11-24,37H2,1-5H3,(H,38,47)(H,39,48)(H,40,49)(H,41,50)/t26-/m0/s1. The zero-order chi connectivity index (χ0) is 40.6. The van der Waals surface area contributed by atoms with Crippen molar-refractivity contribution in [3.05, 3.63) is 35.9 Å². The van der Waals surface area contributed by atoms with E-state index in [1.54, 1.807) is 0 Å². The highest BCUT2D eigenvalue weighted by Crippen LogP contribution is 2.16. The number of ether oxygens (including phenoxy) is 1. The molecule has 1 atom stereocenters. The molecule has 0 spiro atoms. The average molecular weight is 761 g/mol. The van der Waals surface area contributed by atoms with Crippen molar-refractivity contribution in [2.24, 2.45) is 11.7 Å². The lowest BCUT2D eigenvalue weighted by molar-refractivity contribution is -0.145. The van der Waals surface area contributed by atoms with Gasteiger partial charge in [-0.05, 0) is 24.3 Å². The monoisotopic (exact) mass is 760 g/mol. The second-order valence-electron chi connectivity index (χ2n) is 13.1. The number of nitrogens with one attached hydrogen (secondary N) is 4. The van der Waals surface area contributed by atoms with E-state index < -0.39 is 74.1 Å². The normalized spacial score (nSPS) is 11.2. The number of carbonyl (C=O) groups excluding carboxylic acids is 9. The quantitative estimate of drug-likeness (QED) is 0.0687. The molecule has 1 rings (SSSR count). The van der Waals surface area contributed by atoms with Crippen LogP contribution in [0.3, 0.4) is 0 Å². The first-order valence-electron chi connectivity index (χ1n) is 17.7. The molecule has 0 unspecified atom stereocenters. The second kappa shape index (κ2) is 25.7. The van der Waals surface area contributed by atoms with Crippen LogP contribution in [0.25, 0.3) is 0 Å². The number of ketones is 2. The van der Waals surface area contributed by atoms with Crippen LogP contribution in [0.2, 0.25) is 0 Å². The molecule has 0 aliphatic rings. The van der Waals surface area contributed by atoms with Crippen LogP contribution in [0.5, 0.6) is 0 Å². The molecule has 1 aromatic rings. The minimum Gasteiger partial charge on any atom is -0.383 e. The Morgan fingerprint density at radius 2 is 1.15 bits per heavy atom. The van der Waals surface area contributed by atoms with Crippen LogP contribution in [-0.4, -0.2) is 153 Å². The van der Waals surface area contributed by atoms with E-state index in [9.17, 15) is 43.2 Å². The summed E-state index contributed by atoms with van der Waals surface area (Å²) in [5, 5.41) is 9.35. The van der Waals surface area contributed by atoms with Crippen LogP contribution in [0.4, 0.5) is 0 Å². The van der Waals surface area contributed by atoms with Gasteiger partial charge in [0.25, 0.3) is 0 Å². The topological polar surface area (TPSA) is 247 Å². The first kappa shape index (κ1) is 46.8. The summed E-state index contributed by atoms with van der Waals surface area (Å²) < 4.78 is 5.15. The van der Waals surface area contributed by atoms with Crippen molar-refractivity contribution >= 4 is 52.9 Å². The summed E-state index contributed by atoms with van der Waals surface area (Å²) in [6, 6.07) is 9.30. The molecule has 0 aliphatic carbocycles. The number of nitrogens with two attached hydrogens (primary N) is 1. The molecule has 18 heteroatoms. The molecule has 0 fully saturated rings. The van der Waals surface area contributed by atoms with Crippen molar-refractivity contribution in [3.8, 4) is 0 Å². The molecule has 0 heterocycles. The van der Waals surface area contributed by atoms with Gasteiger partial charge < -0.3 is 51.2 Å². The number of methoxy groups -OCH3 is 1. The average Bonchev–Trinajstić information content (AvgIpc) is 3.14. The Hall–Kier alpha value is -5.23. The van der Waals surface area contributed by atoms with Crippen LogP contribution in [-0.2, 0) is 47.9 Å². The molecule has 0 aromatic heterocycles. The molecule has 7 amide bonds. The molecule has 300 valence electrons. The summed E-state index contributed by atoms with van der Waals surface area (Å²) in [7, 11) is 1.44. The maximum absolute atomic E-state index is 13.8. The highest BCUT2D eigenvalue weighted by molar-refractivity contribution is 5.93. The third kappa shape index (κ3) is 20.1. The maximum atomic E-state index is 13.8. The lowest BCUT2D eigenvalue weighted by Crippen LogP contribution is -2.51. The number of amides is 7. The minimum absolute atomic E-state index is 0.00213. The van der Waals surface area contributed by atoms with E-state index in [1.807, 2.05) is 51.1 Å². The Morgan fingerprint density at radius 3 is 1.67 bits per heavy atom. The smallest absolute Gasteiger partial charge is 0.242 e. The van der Waals surface area contributed by atoms with E-state index >= 15 is 0 Å². The lowest BCUT2D eigenvalue weighted by atomic mass is 10.0. The van der Waals surface area contributed by atoms with Crippen molar-refractivity contribution in [2.45, 2.75) is 46.5 Å². The highest BCUT2D eigenvalue weighted by atomic mass is 16.5. The predicted octanol–water partition coefficient (Wildman–Crippen LogP) is -2.06. The molecular formula is C36H56N8O10. The number of benzene rings is 1. The summed E-state index contributed by atoms with van der Waals surface area (Å²) in [5.41, 5.74) is 6.46. The van der Waals surface area contributed by atoms with Gasteiger partial charge in [0.15, 0.2) is 5.78 Å². The third-order valence-corrected chi connectivity index (χ3v) is 7.81. The zero-order valence-electron chi connectivity index (χ0n) is 31.9. The molecule has 0 saturated carbocycles. The second-order valence-corrected chi connectivity index (χ2v) is 13.1. The fourth-order valence-electron chi connectivity index (χ4n) is 4.87. The number of hydrogen-bond acceptors (Lipinski definition) is 11. The minimum atomic E-state index is -0.719. The van der Waals surface area contributed by atoms with Gasteiger partial charge in [0.1, 0.15) is 5.78 Å². The van der Waals surface area contributed by atoms with Gasteiger partial charge in [-0.1, -0.05) is 51.1 Å². The van der Waals surface area contributed by atoms with Crippen molar-refractivity contribution in [1.29, 1.82) is 0 Å². The van der Waals surface area contributed by atoms with Gasteiger partial charge in [-0.15, -0.1) is 0 Å². The molecule has 18 nitrogen and oxygen atoms in total. The summed E-state index contributed by atoms with van der Waals surface area (Å²) in [5.74, 6) is -4.84. The lowest BCUT2D eigenvalue weighted by Gasteiger charge is -2.31.